The van der Waals surface area contributed by atoms with Gasteiger partial charge in [-0.15, -0.1) is 0 Å². The van der Waals surface area contributed by atoms with E-state index in [0.29, 0.717) is 6.54 Å². The average molecular weight is 254 g/mol. The predicted octanol–water partition coefficient (Wildman–Crippen LogP) is 1.17. The van der Waals surface area contributed by atoms with Gasteiger partial charge in [0.05, 0.1) is 6.61 Å². The van der Waals surface area contributed by atoms with Crippen LogP contribution in [0.3, 0.4) is 0 Å². The van der Waals surface area contributed by atoms with Gasteiger partial charge in [-0.05, 0) is 32.1 Å². The van der Waals surface area contributed by atoms with Gasteiger partial charge in [0, 0.05) is 23.9 Å². The third kappa shape index (κ3) is 3.23. The van der Waals surface area contributed by atoms with Crippen molar-refractivity contribution < 1.29 is 9.90 Å². The van der Waals surface area contributed by atoms with E-state index in [2.05, 4.69) is 5.32 Å². The molecule has 0 aromatic heterocycles. The van der Waals surface area contributed by atoms with Crippen LogP contribution >= 0.6 is 0 Å². The monoisotopic (exact) mass is 254 g/mol. The Morgan fingerprint density at radius 1 is 1.28 bits per heavy atom. The number of nitrogens with one attached hydrogen (secondary N) is 1. The Kier molecular flexibility index (Phi) is 4.62. The zero-order chi connectivity index (χ0) is 13.0. The summed E-state index contributed by atoms with van der Waals surface area (Å²) in [6, 6.07) is 0.197. The van der Waals surface area contributed by atoms with Crippen molar-refractivity contribution in [1.29, 1.82) is 0 Å². The van der Waals surface area contributed by atoms with Gasteiger partial charge in [0.1, 0.15) is 0 Å². The zero-order valence-corrected chi connectivity index (χ0v) is 11.2. The Labute approximate surface area is 109 Å². The summed E-state index contributed by atoms with van der Waals surface area (Å²) in [5.74, 6) is 0.237. The molecule has 0 aromatic rings. The minimum absolute atomic E-state index is 0.0609. The van der Waals surface area contributed by atoms with E-state index in [1.807, 2.05) is 0 Å². The van der Waals surface area contributed by atoms with E-state index in [1.54, 1.807) is 0 Å². The van der Waals surface area contributed by atoms with Gasteiger partial charge < -0.3 is 16.2 Å². The second-order valence-electron chi connectivity index (χ2n) is 6.21. The standard InChI is InChI=1S/C14H26N2O2/c15-12-5-4-11(8-12)13(18)16-9-14(10-17)6-2-1-3-7-14/h11-12,17H,1-10,15H2,(H,16,18). The number of nitrogens with two attached hydrogens (primary N) is 1. The highest BCUT2D eigenvalue weighted by molar-refractivity contribution is 5.79. The van der Waals surface area contributed by atoms with Crippen LogP contribution in [-0.2, 0) is 4.79 Å². The number of carbonyl (C=O) groups is 1. The molecule has 104 valence electrons. The fraction of sp³-hybridized carbons (Fsp3) is 0.929. The van der Waals surface area contributed by atoms with Crippen molar-refractivity contribution in [3.05, 3.63) is 0 Å². The molecule has 2 unspecified atom stereocenters. The molecule has 0 spiro atoms. The molecule has 2 aliphatic rings. The van der Waals surface area contributed by atoms with E-state index in [4.69, 9.17) is 5.73 Å². The molecule has 0 aliphatic heterocycles. The smallest absolute Gasteiger partial charge is 0.223 e. The van der Waals surface area contributed by atoms with Crippen LogP contribution in [-0.4, -0.2) is 30.2 Å². The largest absolute Gasteiger partial charge is 0.396 e. The normalized spacial score (nSPS) is 31.2. The first-order valence-electron chi connectivity index (χ1n) is 7.29. The number of hydrogen-bond acceptors (Lipinski definition) is 3. The van der Waals surface area contributed by atoms with E-state index < -0.39 is 0 Å². The molecule has 0 heterocycles. The van der Waals surface area contributed by atoms with Crippen molar-refractivity contribution in [2.75, 3.05) is 13.2 Å². The maximum Gasteiger partial charge on any atom is 0.223 e. The highest BCUT2D eigenvalue weighted by Gasteiger charge is 2.33. The number of hydrogen-bond donors (Lipinski definition) is 3. The molecule has 2 fully saturated rings. The molecule has 2 saturated carbocycles. The molecule has 0 aromatic carbocycles. The van der Waals surface area contributed by atoms with Crippen LogP contribution in [0.1, 0.15) is 51.4 Å². The molecule has 2 atom stereocenters. The van der Waals surface area contributed by atoms with Gasteiger partial charge in [-0.3, -0.25) is 4.79 Å². The summed E-state index contributed by atoms with van der Waals surface area (Å²) in [4.78, 5) is 12.0. The van der Waals surface area contributed by atoms with Crippen LogP contribution in [0, 0.1) is 11.3 Å². The highest BCUT2D eigenvalue weighted by Crippen LogP contribution is 2.35. The van der Waals surface area contributed by atoms with Crippen LogP contribution in [0.4, 0.5) is 0 Å². The number of aliphatic hydroxyl groups excluding tert-OH is 1. The molecule has 2 aliphatic carbocycles. The van der Waals surface area contributed by atoms with Crippen LogP contribution in [0.2, 0.25) is 0 Å². The van der Waals surface area contributed by atoms with Crippen LogP contribution in [0.15, 0.2) is 0 Å². The summed E-state index contributed by atoms with van der Waals surface area (Å²) < 4.78 is 0. The number of aliphatic hydroxyl groups is 1. The molecule has 4 nitrogen and oxygen atoms in total. The van der Waals surface area contributed by atoms with E-state index in [1.165, 1.54) is 19.3 Å². The number of rotatable bonds is 4. The number of amides is 1. The summed E-state index contributed by atoms with van der Waals surface area (Å²) in [6.45, 7) is 0.825. The first-order chi connectivity index (χ1) is 8.65. The Bertz CT molecular complexity index is 288. The van der Waals surface area contributed by atoms with Gasteiger partial charge in [-0.25, -0.2) is 0 Å². The maximum absolute atomic E-state index is 12.0. The minimum atomic E-state index is -0.0609. The quantitative estimate of drug-likeness (QED) is 0.705. The van der Waals surface area contributed by atoms with Gasteiger partial charge in [0.25, 0.3) is 0 Å². The molecule has 18 heavy (non-hydrogen) atoms. The second-order valence-corrected chi connectivity index (χ2v) is 6.21. The Hall–Kier alpha value is -0.610. The van der Waals surface area contributed by atoms with Crippen LogP contribution in [0.25, 0.3) is 0 Å². The summed E-state index contributed by atoms with van der Waals surface area (Å²) >= 11 is 0. The molecular weight excluding hydrogens is 228 g/mol. The molecule has 0 bridgehead atoms. The average Bonchev–Trinajstić information content (AvgIpc) is 2.84. The fourth-order valence-corrected chi connectivity index (χ4v) is 3.37. The van der Waals surface area contributed by atoms with Crippen LogP contribution < -0.4 is 11.1 Å². The minimum Gasteiger partial charge on any atom is -0.396 e. The first kappa shape index (κ1) is 13.8. The lowest BCUT2D eigenvalue weighted by atomic mass is 9.74. The fourth-order valence-electron chi connectivity index (χ4n) is 3.37. The van der Waals surface area contributed by atoms with E-state index in [0.717, 1.165) is 32.1 Å². The van der Waals surface area contributed by atoms with Gasteiger partial charge in [-0.1, -0.05) is 19.3 Å². The molecule has 0 radical (unpaired) electrons. The number of carbonyl (C=O) groups excluding carboxylic acids is 1. The van der Waals surface area contributed by atoms with Crippen molar-refractivity contribution >= 4 is 5.91 Å². The van der Waals surface area contributed by atoms with Crippen molar-refractivity contribution in [3.63, 3.8) is 0 Å². The lowest BCUT2D eigenvalue weighted by Crippen LogP contribution is -2.43. The predicted molar refractivity (Wildman–Crippen MR) is 70.9 cm³/mol. The summed E-state index contributed by atoms with van der Waals surface area (Å²) in [5, 5.41) is 12.6. The zero-order valence-electron chi connectivity index (χ0n) is 11.2. The van der Waals surface area contributed by atoms with Gasteiger partial charge in [0.2, 0.25) is 5.91 Å². The van der Waals surface area contributed by atoms with Crippen molar-refractivity contribution in [2.45, 2.75) is 57.4 Å². The SMILES string of the molecule is NC1CCC(C(=O)NCC2(CO)CCCCC2)C1. The third-order valence-corrected chi connectivity index (χ3v) is 4.73. The first-order valence-corrected chi connectivity index (χ1v) is 7.29. The van der Waals surface area contributed by atoms with E-state index >= 15 is 0 Å². The van der Waals surface area contributed by atoms with Gasteiger partial charge in [-0.2, -0.15) is 0 Å². The molecule has 0 saturated heterocycles. The van der Waals surface area contributed by atoms with Crippen LogP contribution in [0.5, 0.6) is 0 Å². The van der Waals surface area contributed by atoms with Crippen molar-refractivity contribution in [2.24, 2.45) is 17.1 Å². The van der Waals surface area contributed by atoms with E-state index in [9.17, 15) is 9.90 Å². The molecule has 2 rings (SSSR count). The Balaban J connectivity index is 1.80. The van der Waals surface area contributed by atoms with E-state index in [-0.39, 0.29) is 29.9 Å². The van der Waals surface area contributed by atoms with Gasteiger partial charge >= 0.3 is 0 Å². The lowest BCUT2D eigenvalue weighted by molar-refractivity contribution is -0.125. The third-order valence-electron chi connectivity index (χ3n) is 4.73. The second kappa shape index (κ2) is 6.02. The lowest BCUT2D eigenvalue weighted by Gasteiger charge is -2.36. The Morgan fingerprint density at radius 3 is 2.56 bits per heavy atom. The highest BCUT2D eigenvalue weighted by atomic mass is 16.3. The molecular formula is C14H26N2O2. The summed E-state index contributed by atoms with van der Waals surface area (Å²) in [6.07, 6.45) is 8.37. The molecule has 1 amide bonds. The molecule has 4 heteroatoms. The van der Waals surface area contributed by atoms with Gasteiger partial charge in [0.15, 0.2) is 0 Å². The van der Waals surface area contributed by atoms with Crippen molar-refractivity contribution in [3.8, 4) is 0 Å². The summed E-state index contributed by atoms with van der Waals surface area (Å²) in [7, 11) is 0. The van der Waals surface area contributed by atoms with Crippen molar-refractivity contribution in [1.82, 2.24) is 5.32 Å². The Morgan fingerprint density at radius 2 is 2.00 bits per heavy atom. The summed E-state index contributed by atoms with van der Waals surface area (Å²) in [5.41, 5.74) is 5.77. The maximum atomic E-state index is 12.0. The molecule has 4 N–H and O–H groups in total. The topological polar surface area (TPSA) is 75.4 Å².